The Bertz CT molecular complexity index is 1120. The first kappa shape index (κ1) is 23.2. The highest BCUT2D eigenvalue weighted by molar-refractivity contribution is 6.01. The van der Waals surface area contributed by atoms with Gasteiger partial charge in [-0.2, -0.15) is 0 Å². The lowest BCUT2D eigenvalue weighted by atomic mass is 10.1. The van der Waals surface area contributed by atoms with Gasteiger partial charge in [0, 0.05) is 5.56 Å². The SMILES string of the molecule is CO/N=C(/COc1ccc(COc2ccc(C3CC3C(=O)O)cc2)cc1)c1ccc(OC)cc1. The third-order valence-electron chi connectivity index (χ3n) is 5.75. The van der Waals surface area contributed by atoms with Gasteiger partial charge in [-0.15, -0.1) is 0 Å². The first-order valence-corrected chi connectivity index (χ1v) is 11.0. The van der Waals surface area contributed by atoms with Crippen molar-refractivity contribution in [1.29, 1.82) is 0 Å². The molecule has 7 nitrogen and oxygen atoms in total. The van der Waals surface area contributed by atoms with Gasteiger partial charge in [-0.25, -0.2) is 0 Å². The topological polar surface area (TPSA) is 86.6 Å². The van der Waals surface area contributed by atoms with Crippen molar-refractivity contribution in [2.75, 3.05) is 20.8 Å². The molecule has 1 N–H and O–H groups in total. The molecule has 34 heavy (non-hydrogen) atoms. The third-order valence-corrected chi connectivity index (χ3v) is 5.75. The fraction of sp³-hybridized carbons (Fsp3) is 0.259. The standard InChI is InChI=1S/C27H27NO6/c1-31-21-11-7-20(8-12-21)26(28-32-2)17-34-22-9-3-18(4-10-22)16-33-23-13-5-19(6-14-23)24-15-25(24)27(29)30/h3-14,24-25H,15-17H2,1-2H3,(H,29,30)/b28-26-. The second-order valence-corrected chi connectivity index (χ2v) is 8.03. The molecule has 0 spiro atoms. The van der Waals surface area contributed by atoms with Gasteiger partial charge < -0.3 is 24.2 Å². The minimum atomic E-state index is -0.722. The molecular formula is C27H27NO6. The fourth-order valence-corrected chi connectivity index (χ4v) is 3.70. The molecule has 0 amide bonds. The molecule has 4 rings (SSSR count). The first-order chi connectivity index (χ1) is 16.6. The van der Waals surface area contributed by atoms with Crippen LogP contribution in [0.1, 0.15) is 29.0 Å². The van der Waals surface area contributed by atoms with Gasteiger partial charge in [0.1, 0.15) is 43.3 Å². The van der Waals surface area contributed by atoms with Crippen LogP contribution >= 0.6 is 0 Å². The van der Waals surface area contributed by atoms with Crippen LogP contribution in [-0.4, -0.2) is 37.6 Å². The van der Waals surface area contributed by atoms with Crippen LogP contribution in [0.4, 0.5) is 0 Å². The molecule has 3 aromatic carbocycles. The quantitative estimate of drug-likeness (QED) is 0.323. The van der Waals surface area contributed by atoms with Crippen LogP contribution in [0.3, 0.4) is 0 Å². The first-order valence-electron chi connectivity index (χ1n) is 11.0. The summed E-state index contributed by atoms with van der Waals surface area (Å²) in [6.45, 7) is 0.676. The Labute approximate surface area is 198 Å². The molecule has 7 heteroatoms. The summed E-state index contributed by atoms with van der Waals surface area (Å²) in [6.07, 6.45) is 0.711. The lowest BCUT2D eigenvalue weighted by Crippen LogP contribution is -2.13. The molecule has 1 saturated carbocycles. The number of hydrogen-bond acceptors (Lipinski definition) is 6. The van der Waals surface area contributed by atoms with Crippen molar-refractivity contribution in [3.8, 4) is 17.2 Å². The van der Waals surface area contributed by atoms with E-state index in [1.807, 2.05) is 72.8 Å². The van der Waals surface area contributed by atoms with E-state index in [1.165, 1.54) is 7.11 Å². The highest BCUT2D eigenvalue weighted by atomic mass is 16.6. The molecule has 2 unspecified atom stereocenters. The highest BCUT2D eigenvalue weighted by Crippen LogP contribution is 2.47. The summed E-state index contributed by atoms with van der Waals surface area (Å²) in [6, 6.07) is 22.9. The lowest BCUT2D eigenvalue weighted by molar-refractivity contribution is -0.138. The highest BCUT2D eigenvalue weighted by Gasteiger charge is 2.44. The van der Waals surface area contributed by atoms with Gasteiger partial charge >= 0.3 is 5.97 Å². The maximum atomic E-state index is 11.0. The van der Waals surface area contributed by atoms with Gasteiger partial charge in [0.05, 0.1) is 13.0 Å². The van der Waals surface area contributed by atoms with E-state index in [2.05, 4.69) is 5.16 Å². The number of oxime groups is 1. The third kappa shape index (κ3) is 5.86. The normalized spacial score (nSPS) is 17.1. The lowest BCUT2D eigenvalue weighted by Gasteiger charge is -2.11. The number of benzene rings is 3. The second-order valence-electron chi connectivity index (χ2n) is 8.03. The molecule has 0 radical (unpaired) electrons. The van der Waals surface area contributed by atoms with Crippen LogP contribution < -0.4 is 14.2 Å². The van der Waals surface area contributed by atoms with E-state index in [1.54, 1.807) is 7.11 Å². The average molecular weight is 462 g/mol. The smallest absolute Gasteiger partial charge is 0.307 e. The molecule has 1 fully saturated rings. The van der Waals surface area contributed by atoms with Crippen LogP contribution in [0.25, 0.3) is 0 Å². The number of hydrogen-bond donors (Lipinski definition) is 1. The predicted molar refractivity (Wildman–Crippen MR) is 128 cm³/mol. The zero-order valence-electron chi connectivity index (χ0n) is 19.1. The molecule has 0 bridgehead atoms. The average Bonchev–Trinajstić information content (AvgIpc) is 3.68. The summed E-state index contributed by atoms with van der Waals surface area (Å²) in [5.41, 5.74) is 3.61. The van der Waals surface area contributed by atoms with Crippen molar-refractivity contribution in [2.24, 2.45) is 11.1 Å². The van der Waals surface area contributed by atoms with Gasteiger partial charge in [-0.3, -0.25) is 4.79 Å². The zero-order valence-corrected chi connectivity index (χ0v) is 19.1. The number of carboxylic acid groups (broad SMARTS) is 1. The molecule has 1 aliphatic carbocycles. The van der Waals surface area contributed by atoms with Gasteiger partial charge in [-0.05, 0) is 72.0 Å². The van der Waals surface area contributed by atoms with Crippen LogP contribution in [0.15, 0.2) is 78.0 Å². The summed E-state index contributed by atoms with van der Waals surface area (Å²) in [7, 11) is 3.13. The molecule has 2 atom stereocenters. The van der Waals surface area contributed by atoms with Crippen molar-refractivity contribution in [2.45, 2.75) is 18.9 Å². The number of carboxylic acids is 1. The number of ether oxygens (including phenoxy) is 3. The molecule has 0 saturated heterocycles. The maximum absolute atomic E-state index is 11.0. The molecule has 176 valence electrons. The van der Waals surface area contributed by atoms with E-state index in [0.29, 0.717) is 24.5 Å². The van der Waals surface area contributed by atoms with E-state index < -0.39 is 5.97 Å². The summed E-state index contributed by atoms with van der Waals surface area (Å²) in [5, 5.41) is 13.2. The predicted octanol–water partition coefficient (Wildman–Crippen LogP) is 4.89. The van der Waals surface area contributed by atoms with Gasteiger partial charge in [0.2, 0.25) is 0 Å². The van der Waals surface area contributed by atoms with Crippen LogP contribution in [0.5, 0.6) is 17.2 Å². The van der Waals surface area contributed by atoms with Crippen LogP contribution in [0.2, 0.25) is 0 Å². The van der Waals surface area contributed by atoms with Crippen molar-refractivity contribution in [3.05, 3.63) is 89.5 Å². The summed E-state index contributed by atoms with van der Waals surface area (Å²) < 4.78 is 17.0. The Morgan fingerprint density at radius 1 is 0.882 bits per heavy atom. The molecule has 0 aromatic heterocycles. The Kier molecular flexibility index (Phi) is 7.32. The van der Waals surface area contributed by atoms with E-state index in [0.717, 1.165) is 28.2 Å². The summed E-state index contributed by atoms with van der Waals surface area (Å²) >= 11 is 0. The van der Waals surface area contributed by atoms with Crippen molar-refractivity contribution in [1.82, 2.24) is 0 Å². The minimum absolute atomic E-state index is 0.123. The number of nitrogens with zero attached hydrogens (tertiary/aromatic N) is 1. The van der Waals surface area contributed by atoms with Crippen LogP contribution in [0, 0.1) is 5.92 Å². The Morgan fingerprint density at radius 2 is 1.50 bits per heavy atom. The zero-order chi connectivity index (χ0) is 23.9. The van der Waals surface area contributed by atoms with Crippen molar-refractivity contribution in [3.63, 3.8) is 0 Å². The number of methoxy groups -OCH3 is 1. The monoisotopic (exact) mass is 461 g/mol. The molecule has 0 heterocycles. The Hall–Kier alpha value is -4.00. The number of carbonyl (C=O) groups is 1. The molecule has 0 aliphatic heterocycles. The number of rotatable bonds is 11. The second kappa shape index (κ2) is 10.7. The largest absolute Gasteiger partial charge is 0.497 e. The van der Waals surface area contributed by atoms with E-state index in [4.69, 9.17) is 24.2 Å². The van der Waals surface area contributed by atoms with Gasteiger partial charge in [-0.1, -0.05) is 29.4 Å². The summed E-state index contributed by atoms with van der Waals surface area (Å²) in [4.78, 5) is 16.0. The van der Waals surface area contributed by atoms with E-state index in [-0.39, 0.29) is 18.4 Å². The van der Waals surface area contributed by atoms with Crippen molar-refractivity contribution >= 4 is 11.7 Å². The maximum Gasteiger partial charge on any atom is 0.307 e. The van der Waals surface area contributed by atoms with E-state index >= 15 is 0 Å². The Balaban J connectivity index is 1.28. The number of aliphatic carboxylic acids is 1. The Morgan fingerprint density at radius 3 is 2.09 bits per heavy atom. The van der Waals surface area contributed by atoms with Gasteiger partial charge in [0.15, 0.2) is 0 Å². The van der Waals surface area contributed by atoms with E-state index in [9.17, 15) is 4.79 Å². The molecular weight excluding hydrogens is 434 g/mol. The molecule has 3 aromatic rings. The fourth-order valence-electron chi connectivity index (χ4n) is 3.70. The van der Waals surface area contributed by atoms with Crippen LogP contribution in [-0.2, 0) is 16.2 Å². The van der Waals surface area contributed by atoms with Crippen molar-refractivity contribution < 1.29 is 28.9 Å². The summed E-state index contributed by atoms with van der Waals surface area (Å²) in [5.74, 6) is 1.38. The van der Waals surface area contributed by atoms with Gasteiger partial charge in [0.25, 0.3) is 0 Å². The minimum Gasteiger partial charge on any atom is -0.497 e. The molecule has 1 aliphatic rings.